The van der Waals surface area contributed by atoms with Crippen LogP contribution in [0.4, 0.5) is 10.5 Å². The molecule has 24 heavy (non-hydrogen) atoms. The Morgan fingerprint density at radius 2 is 2.38 bits per heavy atom. The standard InChI is InChI=1S/C16H21ClN6O/c1-12(8-23-11-18-10-19-23)20-16(24)21-14-5-6-22(9-14)15-4-2-3-13(17)7-15/h2-4,7,10-12,14H,5-6,8-9H2,1H3,(H2,20,21,24)/t12-,14+/m0/s1. The van der Waals surface area contributed by atoms with Gasteiger partial charge in [-0.05, 0) is 31.5 Å². The second-order valence-electron chi connectivity index (χ2n) is 6.05. The van der Waals surface area contributed by atoms with Crippen LogP contribution in [0.15, 0.2) is 36.9 Å². The predicted octanol–water partition coefficient (Wildman–Crippen LogP) is 1.90. The molecule has 128 valence electrons. The van der Waals surface area contributed by atoms with Crippen molar-refractivity contribution in [3.63, 3.8) is 0 Å². The van der Waals surface area contributed by atoms with Gasteiger partial charge in [-0.15, -0.1) is 0 Å². The summed E-state index contributed by atoms with van der Waals surface area (Å²) >= 11 is 6.04. The van der Waals surface area contributed by atoms with Crippen molar-refractivity contribution in [2.24, 2.45) is 0 Å². The van der Waals surface area contributed by atoms with Crippen LogP contribution >= 0.6 is 11.6 Å². The van der Waals surface area contributed by atoms with Gasteiger partial charge in [0.1, 0.15) is 12.7 Å². The third-order valence-corrected chi connectivity index (χ3v) is 4.24. The molecule has 0 aliphatic carbocycles. The monoisotopic (exact) mass is 348 g/mol. The van der Waals surface area contributed by atoms with Crippen molar-refractivity contribution in [2.75, 3.05) is 18.0 Å². The van der Waals surface area contributed by atoms with Crippen LogP contribution in [0.2, 0.25) is 5.02 Å². The average Bonchev–Trinajstić information content (AvgIpc) is 3.19. The van der Waals surface area contributed by atoms with Gasteiger partial charge in [0.25, 0.3) is 0 Å². The quantitative estimate of drug-likeness (QED) is 0.865. The maximum atomic E-state index is 12.1. The third-order valence-electron chi connectivity index (χ3n) is 4.00. The lowest BCUT2D eigenvalue weighted by Crippen LogP contribution is -2.47. The van der Waals surface area contributed by atoms with Crippen LogP contribution in [0.3, 0.4) is 0 Å². The van der Waals surface area contributed by atoms with Crippen molar-refractivity contribution in [3.8, 4) is 0 Å². The molecular formula is C16H21ClN6O. The molecule has 0 saturated carbocycles. The summed E-state index contributed by atoms with van der Waals surface area (Å²) in [7, 11) is 0. The van der Waals surface area contributed by atoms with E-state index in [0.29, 0.717) is 6.54 Å². The van der Waals surface area contributed by atoms with E-state index in [1.807, 2.05) is 31.2 Å². The average molecular weight is 349 g/mol. The predicted molar refractivity (Wildman–Crippen MR) is 93.2 cm³/mol. The van der Waals surface area contributed by atoms with Crippen molar-refractivity contribution < 1.29 is 4.79 Å². The van der Waals surface area contributed by atoms with E-state index in [-0.39, 0.29) is 18.1 Å². The van der Waals surface area contributed by atoms with Crippen LogP contribution < -0.4 is 15.5 Å². The second kappa shape index (κ2) is 7.53. The highest BCUT2D eigenvalue weighted by Crippen LogP contribution is 2.23. The summed E-state index contributed by atoms with van der Waals surface area (Å²) in [6.45, 7) is 4.21. The van der Waals surface area contributed by atoms with Crippen LogP contribution in [-0.2, 0) is 6.54 Å². The number of benzene rings is 1. The van der Waals surface area contributed by atoms with E-state index in [0.717, 1.165) is 30.2 Å². The molecule has 2 amide bonds. The zero-order chi connectivity index (χ0) is 16.9. The van der Waals surface area contributed by atoms with E-state index in [1.165, 1.54) is 6.33 Å². The summed E-state index contributed by atoms with van der Waals surface area (Å²) in [5.74, 6) is 0. The number of hydrogen-bond donors (Lipinski definition) is 2. The van der Waals surface area contributed by atoms with Crippen molar-refractivity contribution >= 4 is 23.3 Å². The van der Waals surface area contributed by atoms with E-state index in [9.17, 15) is 4.79 Å². The number of amides is 2. The van der Waals surface area contributed by atoms with Crippen LogP contribution in [0.1, 0.15) is 13.3 Å². The normalized spacial score (nSPS) is 18.4. The molecular weight excluding hydrogens is 328 g/mol. The molecule has 3 rings (SSSR count). The first-order valence-corrected chi connectivity index (χ1v) is 8.38. The minimum Gasteiger partial charge on any atom is -0.369 e. The summed E-state index contributed by atoms with van der Waals surface area (Å²) in [6.07, 6.45) is 4.03. The Bertz CT molecular complexity index is 677. The van der Waals surface area contributed by atoms with Crippen LogP contribution in [0, 0.1) is 0 Å². The van der Waals surface area contributed by atoms with Gasteiger partial charge in [-0.25, -0.2) is 9.78 Å². The van der Waals surface area contributed by atoms with Gasteiger partial charge in [0.05, 0.1) is 6.54 Å². The molecule has 2 N–H and O–H groups in total. The molecule has 1 fully saturated rings. The number of nitrogens with zero attached hydrogens (tertiary/aromatic N) is 4. The Kier molecular flexibility index (Phi) is 5.20. The first-order valence-electron chi connectivity index (χ1n) is 8.00. The molecule has 0 spiro atoms. The minimum atomic E-state index is -0.152. The molecule has 1 aromatic carbocycles. The SMILES string of the molecule is C[C@@H](Cn1cncn1)NC(=O)N[C@@H]1CCN(c2cccc(Cl)c2)C1. The molecule has 1 aliphatic rings. The first-order chi connectivity index (χ1) is 11.6. The minimum absolute atomic E-state index is 0.0304. The lowest BCUT2D eigenvalue weighted by molar-refractivity contribution is 0.233. The smallest absolute Gasteiger partial charge is 0.315 e. The van der Waals surface area contributed by atoms with Gasteiger partial charge >= 0.3 is 6.03 Å². The number of nitrogens with one attached hydrogen (secondary N) is 2. The Morgan fingerprint density at radius 1 is 1.50 bits per heavy atom. The van der Waals surface area contributed by atoms with E-state index in [4.69, 9.17) is 11.6 Å². The van der Waals surface area contributed by atoms with Crippen molar-refractivity contribution in [2.45, 2.75) is 32.0 Å². The Morgan fingerprint density at radius 3 is 3.12 bits per heavy atom. The summed E-state index contributed by atoms with van der Waals surface area (Å²) in [5, 5.41) is 10.7. The number of halogens is 1. The maximum Gasteiger partial charge on any atom is 0.315 e. The van der Waals surface area contributed by atoms with Crippen molar-refractivity contribution in [3.05, 3.63) is 41.9 Å². The lowest BCUT2D eigenvalue weighted by atomic mass is 10.2. The van der Waals surface area contributed by atoms with Gasteiger partial charge < -0.3 is 15.5 Å². The highest BCUT2D eigenvalue weighted by atomic mass is 35.5. The summed E-state index contributed by atoms with van der Waals surface area (Å²) in [5.41, 5.74) is 1.09. The fourth-order valence-electron chi connectivity index (χ4n) is 2.89. The molecule has 8 heteroatoms. The van der Waals surface area contributed by atoms with E-state index in [1.54, 1.807) is 11.0 Å². The van der Waals surface area contributed by atoms with E-state index < -0.39 is 0 Å². The van der Waals surface area contributed by atoms with Gasteiger partial charge in [-0.3, -0.25) is 4.68 Å². The van der Waals surface area contributed by atoms with Crippen molar-refractivity contribution in [1.82, 2.24) is 25.4 Å². The zero-order valence-corrected chi connectivity index (χ0v) is 14.3. The van der Waals surface area contributed by atoms with Crippen LogP contribution in [0.25, 0.3) is 0 Å². The molecule has 0 unspecified atom stereocenters. The van der Waals surface area contributed by atoms with Crippen molar-refractivity contribution in [1.29, 1.82) is 0 Å². The molecule has 1 aliphatic heterocycles. The van der Waals surface area contributed by atoms with Crippen LogP contribution in [-0.4, -0.2) is 46.0 Å². The lowest BCUT2D eigenvalue weighted by Gasteiger charge is -2.20. The Hall–Kier alpha value is -2.28. The summed E-state index contributed by atoms with van der Waals surface area (Å²) in [4.78, 5) is 18.2. The third kappa shape index (κ3) is 4.38. The number of hydrogen-bond acceptors (Lipinski definition) is 4. The fraction of sp³-hybridized carbons (Fsp3) is 0.438. The van der Waals surface area contributed by atoms with Gasteiger partial charge in [-0.2, -0.15) is 5.10 Å². The molecule has 7 nitrogen and oxygen atoms in total. The fourth-order valence-corrected chi connectivity index (χ4v) is 3.07. The number of aromatic nitrogens is 3. The topological polar surface area (TPSA) is 75.1 Å². The molecule has 0 radical (unpaired) electrons. The molecule has 2 heterocycles. The summed E-state index contributed by atoms with van der Waals surface area (Å²) in [6, 6.07) is 7.73. The number of urea groups is 1. The molecule has 1 aromatic heterocycles. The second-order valence-corrected chi connectivity index (χ2v) is 6.48. The Labute approximate surface area is 146 Å². The largest absolute Gasteiger partial charge is 0.369 e. The van der Waals surface area contributed by atoms with Gasteiger partial charge in [-0.1, -0.05) is 17.7 Å². The molecule has 0 bridgehead atoms. The maximum absolute atomic E-state index is 12.1. The highest BCUT2D eigenvalue weighted by molar-refractivity contribution is 6.30. The molecule has 2 aromatic rings. The highest BCUT2D eigenvalue weighted by Gasteiger charge is 2.24. The number of anilines is 1. The zero-order valence-electron chi connectivity index (χ0n) is 13.5. The van der Waals surface area contributed by atoms with Gasteiger partial charge in [0, 0.05) is 35.9 Å². The number of carbonyl (C=O) groups excluding carboxylic acids is 1. The number of rotatable bonds is 5. The molecule has 1 saturated heterocycles. The Balaban J connectivity index is 1.45. The van der Waals surface area contributed by atoms with Gasteiger partial charge in [0.15, 0.2) is 0 Å². The van der Waals surface area contributed by atoms with E-state index >= 15 is 0 Å². The summed E-state index contributed by atoms with van der Waals surface area (Å²) < 4.78 is 1.70. The first kappa shape index (κ1) is 16.6. The number of carbonyl (C=O) groups is 1. The van der Waals surface area contributed by atoms with E-state index in [2.05, 4.69) is 25.6 Å². The van der Waals surface area contributed by atoms with Gasteiger partial charge in [0.2, 0.25) is 0 Å². The van der Waals surface area contributed by atoms with Crippen LogP contribution in [0.5, 0.6) is 0 Å². The molecule has 2 atom stereocenters.